The van der Waals surface area contributed by atoms with Gasteiger partial charge in [0.1, 0.15) is 11.0 Å². The van der Waals surface area contributed by atoms with Crippen LogP contribution in [-0.4, -0.2) is 16.1 Å². The van der Waals surface area contributed by atoms with E-state index in [2.05, 4.69) is 15.5 Å². The molecule has 0 aliphatic carbocycles. The van der Waals surface area contributed by atoms with Gasteiger partial charge in [-0.3, -0.25) is 10.1 Å². The van der Waals surface area contributed by atoms with Gasteiger partial charge in [0, 0.05) is 0 Å². The zero-order valence-electron chi connectivity index (χ0n) is 9.25. The zero-order valence-corrected chi connectivity index (χ0v) is 10.1. The van der Waals surface area contributed by atoms with Crippen LogP contribution in [0.1, 0.15) is 16.6 Å². The Morgan fingerprint density at radius 3 is 2.65 bits per heavy atom. The number of benzene rings is 1. The van der Waals surface area contributed by atoms with Crippen molar-refractivity contribution in [2.75, 3.05) is 5.32 Å². The Bertz CT molecular complexity index is 511. The van der Waals surface area contributed by atoms with Crippen LogP contribution in [0.3, 0.4) is 0 Å². The lowest BCUT2D eigenvalue weighted by atomic mass is 10.1. The zero-order chi connectivity index (χ0) is 12.3. The van der Waals surface area contributed by atoms with Gasteiger partial charge >= 0.3 is 0 Å². The maximum Gasteiger partial charge on any atom is 0.247 e. The fraction of sp³-hybridized carbons (Fsp3) is 0.182. The van der Waals surface area contributed by atoms with E-state index in [0.29, 0.717) is 5.13 Å². The Hall–Kier alpha value is -1.79. The van der Waals surface area contributed by atoms with Crippen molar-refractivity contribution in [3.05, 3.63) is 40.9 Å². The maximum absolute atomic E-state index is 11.8. The minimum Gasteiger partial charge on any atom is -0.316 e. The van der Waals surface area contributed by atoms with Crippen LogP contribution in [0.4, 0.5) is 5.13 Å². The van der Waals surface area contributed by atoms with Crippen LogP contribution in [0, 0.1) is 6.92 Å². The number of amides is 1. The van der Waals surface area contributed by atoms with Gasteiger partial charge in [0.2, 0.25) is 11.0 Å². The highest BCUT2D eigenvalue weighted by Gasteiger charge is 2.16. The topological polar surface area (TPSA) is 80.9 Å². The van der Waals surface area contributed by atoms with Gasteiger partial charge in [-0.1, -0.05) is 41.7 Å². The first-order valence-electron chi connectivity index (χ1n) is 5.08. The first-order chi connectivity index (χ1) is 8.16. The van der Waals surface area contributed by atoms with Gasteiger partial charge in [-0.15, -0.1) is 10.2 Å². The molecule has 1 heterocycles. The summed E-state index contributed by atoms with van der Waals surface area (Å²) in [5.41, 5.74) is 6.61. The highest BCUT2D eigenvalue weighted by molar-refractivity contribution is 7.15. The van der Waals surface area contributed by atoms with E-state index < -0.39 is 6.04 Å². The van der Waals surface area contributed by atoms with Gasteiger partial charge in [0.15, 0.2) is 0 Å². The molecule has 0 aliphatic heterocycles. The number of rotatable bonds is 3. The molecule has 1 aromatic heterocycles. The Kier molecular flexibility index (Phi) is 3.46. The van der Waals surface area contributed by atoms with E-state index in [4.69, 9.17) is 5.73 Å². The van der Waals surface area contributed by atoms with Crippen LogP contribution in [0.2, 0.25) is 0 Å². The summed E-state index contributed by atoms with van der Waals surface area (Å²) in [7, 11) is 0. The molecule has 0 radical (unpaired) electrons. The Labute approximate surface area is 103 Å². The first-order valence-corrected chi connectivity index (χ1v) is 5.90. The van der Waals surface area contributed by atoms with Crippen molar-refractivity contribution in [1.29, 1.82) is 0 Å². The van der Waals surface area contributed by atoms with Crippen LogP contribution in [-0.2, 0) is 4.79 Å². The lowest BCUT2D eigenvalue weighted by molar-refractivity contribution is -0.117. The summed E-state index contributed by atoms with van der Waals surface area (Å²) in [5.74, 6) is -0.285. The average Bonchev–Trinajstić information content (AvgIpc) is 2.75. The first kappa shape index (κ1) is 11.7. The van der Waals surface area contributed by atoms with Crippen molar-refractivity contribution < 1.29 is 4.79 Å². The van der Waals surface area contributed by atoms with Crippen molar-refractivity contribution in [2.45, 2.75) is 13.0 Å². The second-order valence-corrected chi connectivity index (χ2v) is 4.69. The van der Waals surface area contributed by atoms with E-state index in [0.717, 1.165) is 10.6 Å². The van der Waals surface area contributed by atoms with Gasteiger partial charge in [-0.2, -0.15) is 0 Å². The fourth-order valence-electron chi connectivity index (χ4n) is 1.34. The molecule has 0 aliphatic rings. The summed E-state index contributed by atoms with van der Waals surface area (Å²) in [4.78, 5) is 11.8. The molecule has 1 amide bonds. The molecule has 5 nitrogen and oxygen atoms in total. The number of anilines is 1. The number of hydrogen-bond donors (Lipinski definition) is 2. The van der Waals surface area contributed by atoms with E-state index in [9.17, 15) is 4.79 Å². The molecule has 1 aromatic carbocycles. The molecule has 0 saturated carbocycles. The molecule has 0 spiro atoms. The predicted molar refractivity (Wildman–Crippen MR) is 66.6 cm³/mol. The van der Waals surface area contributed by atoms with E-state index in [1.54, 1.807) is 0 Å². The number of carbonyl (C=O) groups is 1. The average molecular weight is 248 g/mol. The molecule has 2 rings (SSSR count). The summed E-state index contributed by atoms with van der Waals surface area (Å²) in [5, 5.41) is 11.5. The number of aromatic nitrogens is 2. The monoisotopic (exact) mass is 248 g/mol. The van der Waals surface area contributed by atoms with Crippen LogP contribution in [0.5, 0.6) is 0 Å². The highest BCUT2D eigenvalue weighted by atomic mass is 32.1. The third-order valence-corrected chi connectivity index (χ3v) is 2.95. The van der Waals surface area contributed by atoms with Gasteiger partial charge < -0.3 is 5.73 Å². The standard InChI is InChI=1S/C11H12N4OS/c1-7-14-15-11(17-7)13-10(16)9(12)8-5-3-2-4-6-8/h2-6,9H,12H2,1H3,(H,13,15,16)/t9-/m1/s1. The highest BCUT2D eigenvalue weighted by Crippen LogP contribution is 2.16. The number of carbonyl (C=O) groups excluding carboxylic acids is 1. The smallest absolute Gasteiger partial charge is 0.247 e. The van der Waals surface area contributed by atoms with Crippen molar-refractivity contribution >= 4 is 22.4 Å². The largest absolute Gasteiger partial charge is 0.316 e. The number of nitrogens with one attached hydrogen (secondary N) is 1. The van der Waals surface area contributed by atoms with Crippen molar-refractivity contribution in [3.63, 3.8) is 0 Å². The van der Waals surface area contributed by atoms with Crippen molar-refractivity contribution in [2.24, 2.45) is 5.73 Å². The quantitative estimate of drug-likeness (QED) is 0.862. The molecule has 1 atom stereocenters. The van der Waals surface area contributed by atoms with E-state index in [1.807, 2.05) is 37.3 Å². The SMILES string of the molecule is Cc1nnc(NC(=O)[C@H](N)c2ccccc2)s1. The van der Waals surface area contributed by atoms with Crippen molar-refractivity contribution in [3.8, 4) is 0 Å². The molecule has 0 unspecified atom stereocenters. The summed E-state index contributed by atoms with van der Waals surface area (Å²) < 4.78 is 0. The Morgan fingerprint density at radius 2 is 2.06 bits per heavy atom. The van der Waals surface area contributed by atoms with Crippen molar-refractivity contribution in [1.82, 2.24) is 10.2 Å². The summed E-state index contributed by atoms with van der Waals surface area (Å²) in [6.45, 7) is 1.82. The lowest BCUT2D eigenvalue weighted by Crippen LogP contribution is -2.27. The van der Waals surface area contributed by atoms with E-state index in [-0.39, 0.29) is 5.91 Å². The molecule has 17 heavy (non-hydrogen) atoms. The third kappa shape index (κ3) is 2.86. The minimum absolute atomic E-state index is 0.285. The summed E-state index contributed by atoms with van der Waals surface area (Å²) in [6.07, 6.45) is 0. The van der Waals surface area contributed by atoms with Crippen LogP contribution < -0.4 is 11.1 Å². The van der Waals surface area contributed by atoms with Crippen LogP contribution >= 0.6 is 11.3 Å². The van der Waals surface area contributed by atoms with Gasteiger partial charge in [-0.05, 0) is 12.5 Å². The van der Waals surface area contributed by atoms with E-state index >= 15 is 0 Å². The van der Waals surface area contributed by atoms with E-state index in [1.165, 1.54) is 11.3 Å². The summed E-state index contributed by atoms with van der Waals surface area (Å²) in [6, 6.07) is 8.50. The molecule has 3 N–H and O–H groups in total. The molecule has 0 bridgehead atoms. The van der Waals surface area contributed by atoms with Gasteiger partial charge in [0.05, 0.1) is 0 Å². The minimum atomic E-state index is -0.694. The number of nitrogens with two attached hydrogens (primary N) is 1. The third-order valence-electron chi connectivity index (χ3n) is 2.20. The maximum atomic E-state index is 11.8. The van der Waals surface area contributed by atoms with Gasteiger partial charge in [0.25, 0.3) is 0 Å². The molecular weight excluding hydrogens is 236 g/mol. The normalized spacial score (nSPS) is 12.1. The molecule has 88 valence electrons. The Balaban J connectivity index is 2.06. The molecule has 0 fully saturated rings. The molecular formula is C11H12N4OS. The van der Waals surface area contributed by atoms with Crippen LogP contribution in [0.15, 0.2) is 30.3 Å². The number of aryl methyl sites for hydroxylation is 1. The van der Waals surface area contributed by atoms with Gasteiger partial charge in [-0.25, -0.2) is 0 Å². The second-order valence-electron chi connectivity index (χ2n) is 3.50. The second kappa shape index (κ2) is 5.03. The fourth-order valence-corrected chi connectivity index (χ4v) is 1.94. The molecule has 2 aromatic rings. The van der Waals surface area contributed by atoms with Crippen LogP contribution in [0.25, 0.3) is 0 Å². The number of hydrogen-bond acceptors (Lipinski definition) is 5. The summed E-state index contributed by atoms with van der Waals surface area (Å²) >= 11 is 1.32. The number of nitrogens with zero attached hydrogens (tertiary/aromatic N) is 2. The predicted octanol–water partition coefficient (Wildman–Crippen LogP) is 1.49. The molecule has 0 saturated heterocycles. The molecule has 6 heteroatoms. The Morgan fingerprint density at radius 1 is 1.35 bits per heavy atom. The lowest BCUT2D eigenvalue weighted by Gasteiger charge is -2.10.